The van der Waals surface area contributed by atoms with Crippen molar-refractivity contribution >= 4 is 11.4 Å². The Hall–Kier alpha value is -4.34. The molecule has 1 atom stereocenters. The quantitative estimate of drug-likeness (QED) is 0.471. The number of amides is 1. The topological polar surface area (TPSA) is 118 Å². The molecule has 0 radical (unpaired) electrons. The Bertz CT molecular complexity index is 1370. The lowest BCUT2D eigenvalue weighted by atomic mass is 10.1. The fourth-order valence-corrected chi connectivity index (χ4v) is 4.11. The summed E-state index contributed by atoms with van der Waals surface area (Å²) >= 11 is 0. The van der Waals surface area contributed by atoms with Crippen LogP contribution >= 0.6 is 0 Å². The van der Waals surface area contributed by atoms with E-state index in [-0.39, 0.29) is 17.7 Å². The molecule has 1 amide bonds. The van der Waals surface area contributed by atoms with Crippen LogP contribution in [-0.4, -0.2) is 52.1 Å². The summed E-state index contributed by atoms with van der Waals surface area (Å²) in [5.41, 5.74) is 3.96. The second kappa shape index (κ2) is 7.41. The lowest BCUT2D eigenvalue weighted by Gasteiger charge is -2.27. The highest BCUT2D eigenvalue weighted by molar-refractivity contribution is 5.90. The van der Waals surface area contributed by atoms with Gasteiger partial charge < -0.3 is 14.3 Å². The Balaban J connectivity index is 1.42. The number of H-pyrrole nitrogens is 1. The highest BCUT2D eigenvalue weighted by atomic mass is 16.4. The van der Waals surface area contributed by atoms with Crippen LogP contribution in [0.5, 0.6) is 0 Å². The predicted octanol–water partition coefficient (Wildman–Crippen LogP) is 2.68. The highest BCUT2D eigenvalue weighted by Crippen LogP contribution is 2.33. The van der Waals surface area contributed by atoms with Crippen molar-refractivity contribution in [2.75, 3.05) is 6.54 Å². The predicted molar refractivity (Wildman–Crippen MR) is 113 cm³/mol. The van der Waals surface area contributed by atoms with Crippen LogP contribution in [0.25, 0.3) is 17.1 Å². The van der Waals surface area contributed by atoms with Crippen LogP contribution < -0.4 is 0 Å². The van der Waals surface area contributed by atoms with Crippen LogP contribution in [-0.2, 0) is 6.42 Å². The number of pyridine rings is 2. The summed E-state index contributed by atoms with van der Waals surface area (Å²) in [7, 11) is 0. The molecule has 158 valence electrons. The second-order valence-electron chi connectivity index (χ2n) is 7.54. The summed E-state index contributed by atoms with van der Waals surface area (Å²) in [5.74, 6) is -0.246. The van der Waals surface area contributed by atoms with E-state index < -0.39 is 6.04 Å². The number of nitrogens with zero attached hydrogens (tertiary/aromatic N) is 7. The molecule has 5 aromatic heterocycles. The van der Waals surface area contributed by atoms with Gasteiger partial charge in [-0.25, -0.2) is 9.50 Å². The number of carbonyl (C=O) groups is 1. The van der Waals surface area contributed by atoms with E-state index in [1.807, 2.05) is 36.5 Å². The van der Waals surface area contributed by atoms with Gasteiger partial charge in [-0.3, -0.25) is 9.78 Å². The zero-order chi connectivity index (χ0) is 21.5. The molecule has 1 unspecified atom stereocenters. The normalized spacial score (nSPS) is 16.1. The summed E-state index contributed by atoms with van der Waals surface area (Å²) in [5, 5.41) is 12.8. The van der Waals surface area contributed by atoms with Crippen molar-refractivity contribution in [2.45, 2.75) is 18.9 Å². The van der Waals surface area contributed by atoms with Crippen molar-refractivity contribution < 1.29 is 9.21 Å². The number of nitrogens with one attached hydrogen (secondary N) is 1. The summed E-state index contributed by atoms with van der Waals surface area (Å²) in [6.07, 6.45) is 6.73. The minimum Gasteiger partial charge on any atom is -0.411 e. The Labute approximate surface area is 181 Å². The number of carbonyl (C=O) groups excluding carboxylic acids is 1. The molecule has 32 heavy (non-hydrogen) atoms. The Morgan fingerprint density at radius 1 is 1.12 bits per heavy atom. The van der Waals surface area contributed by atoms with Crippen LogP contribution in [0.4, 0.5) is 0 Å². The molecule has 1 aliphatic heterocycles. The fraction of sp³-hybridized carbons (Fsp3) is 0.182. The molecular weight excluding hydrogens is 408 g/mol. The molecular formula is C22H18N8O2. The maximum atomic E-state index is 13.6. The van der Waals surface area contributed by atoms with Crippen LogP contribution in [0, 0.1) is 0 Å². The zero-order valence-corrected chi connectivity index (χ0v) is 16.9. The Morgan fingerprint density at radius 2 is 2.06 bits per heavy atom. The van der Waals surface area contributed by atoms with Gasteiger partial charge in [0.1, 0.15) is 11.7 Å². The third kappa shape index (κ3) is 3.04. The molecule has 6 rings (SSSR count). The fourth-order valence-electron chi connectivity index (χ4n) is 4.11. The van der Waals surface area contributed by atoms with E-state index in [1.165, 1.54) is 0 Å². The summed E-state index contributed by atoms with van der Waals surface area (Å²) < 4.78 is 7.50. The number of aromatic amines is 1. The first-order valence-electron chi connectivity index (χ1n) is 10.3. The SMILES string of the molecule is O=C(c1nnc(-c2ccccn2)o1)N1CCCc2[nH]cnc2C1c1cc2ccccn2n1. The van der Waals surface area contributed by atoms with Crippen LogP contribution in [0.1, 0.15) is 40.2 Å². The first-order valence-corrected chi connectivity index (χ1v) is 10.3. The number of imidazole rings is 1. The molecule has 6 heterocycles. The smallest absolute Gasteiger partial charge is 0.312 e. The van der Waals surface area contributed by atoms with Gasteiger partial charge in [-0.15, -0.1) is 10.2 Å². The number of fused-ring (bicyclic) bond motifs is 2. The van der Waals surface area contributed by atoms with Gasteiger partial charge in [0.05, 0.1) is 23.2 Å². The van der Waals surface area contributed by atoms with Gasteiger partial charge in [0, 0.05) is 24.6 Å². The third-order valence-corrected chi connectivity index (χ3v) is 5.57. The van der Waals surface area contributed by atoms with Gasteiger partial charge >= 0.3 is 11.8 Å². The molecule has 0 fully saturated rings. The van der Waals surface area contributed by atoms with Crippen molar-refractivity contribution in [3.8, 4) is 11.6 Å². The monoisotopic (exact) mass is 426 g/mol. The molecule has 0 aromatic carbocycles. The van der Waals surface area contributed by atoms with E-state index in [0.717, 1.165) is 35.4 Å². The Kier molecular flexibility index (Phi) is 4.27. The summed E-state index contributed by atoms with van der Waals surface area (Å²) in [6, 6.07) is 12.7. The van der Waals surface area contributed by atoms with Crippen LogP contribution in [0.3, 0.4) is 0 Å². The van der Waals surface area contributed by atoms with Gasteiger partial charge in [-0.05, 0) is 43.2 Å². The molecule has 1 aliphatic rings. The van der Waals surface area contributed by atoms with Crippen LogP contribution in [0.15, 0.2) is 65.6 Å². The number of aromatic nitrogens is 7. The van der Waals surface area contributed by atoms with Crippen molar-refractivity contribution in [1.82, 2.24) is 39.7 Å². The van der Waals surface area contributed by atoms with Crippen molar-refractivity contribution in [3.05, 3.63) is 84.2 Å². The zero-order valence-electron chi connectivity index (χ0n) is 16.9. The maximum absolute atomic E-state index is 13.6. The van der Waals surface area contributed by atoms with E-state index in [0.29, 0.717) is 12.2 Å². The minimum atomic E-state index is -0.476. The van der Waals surface area contributed by atoms with E-state index in [9.17, 15) is 4.79 Å². The van der Waals surface area contributed by atoms with Crippen LogP contribution in [0.2, 0.25) is 0 Å². The maximum Gasteiger partial charge on any atom is 0.312 e. The van der Waals surface area contributed by atoms with E-state index >= 15 is 0 Å². The first kappa shape index (κ1) is 18.4. The molecule has 1 N–H and O–H groups in total. The van der Waals surface area contributed by atoms with Crippen molar-refractivity contribution in [2.24, 2.45) is 0 Å². The number of rotatable bonds is 3. The van der Waals surface area contributed by atoms with E-state index in [1.54, 1.807) is 34.1 Å². The average molecular weight is 426 g/mol. The summed E-state index contributed by atoms with van der Waals surface area (Å²) in [6.45, 7) is 0.503. The number of hydrogen-bond donors (Lipinski definition) is 1. The lowest BCUT2D eigenvalue weighted by Crippen LogP contribution is -2.36. The third-order valence-electron chi connectivity index (χ3n) is 5.57. The van der Waals surface area contributed by atoms with Gasteiger partial charge in [0.2, 0.25) is 0 Å². The summed E-state index contributed by atoms with van der Waals surface area (Å²) in [4.78, 5) is 27.2. The molecule has 0 bridgehead atoms. The molecule has 10 nitrogen and oxygen atoms in total. The van der Waals surface area contributed by atoms with E-state index in [2.05, 4.69) is 25.1 Å². The van der Waals surface area contributed by atoms with Gasteiger partial charge in [0.15, 0.2) is 0 Å². The van der Waals surface area contributed by atoms with E-state index in [4.69, 9.17) is 9.52 Å². The van der Waals surface area contributed by atoms with Gasteiger partial charge in [0.25, 0.3) is 5.89 Å². The lowest BCUT2D eigenvalue weighted by molar-refractivity contribution is 0.0664. The molecule has 10 heteroatoms. The molecule has 0 saturated heterocycles. The van der Waals surface area contributed by atoms with Gasteiger partial charge in [-0.2, -0.15) is 5.10 Å². The average Bonchev–Trinajstić information content (AvgIpc) is 3.57. The second-order valence-corrected chi connectivity index (χ2v) is 7.54. The number of aryl methyl sites for hydroxylation is 1. The molecule has 5 aromatic rings. The molecule has 0 saturated carbocycles. The van der Waals surface area contributed by atoms with Crippen molar-refractivity contribution in [1.29, 1.82) is 0 Å². The Morgan fingerprint density at radius 3 is 2.94 bits per heavy atom. The highest BCUT2D eigenvalue weighted by Gasteiger charge is 2.36. The minimum absolute atomic E-state index is 0.0848. The number of hydrogen-bond acceptors (Lipinski definition) is 7. The van der Waals surface area contributed by atoms with Gasteiger partial charge in [-0.1, -0.05) is 12.1 Å². The molecule has 0 aliphatic carbocycles. The standard InChI is InChI=1S/C22H18N8O2/c31-22(21-27-26-20(32-21)16-7-1-3-9-23-16)29-10-5-8-15-18(25-13-24-15)19(29)17-12-14-6-2-4-11-30(14)28-17/h1-4,6-7,9,11-13,19H,5,8,10H2,(H,24,25). The largest absolute Gasteiger partial charge is 0.411 e. The molecule has 0 spiro atoms. The van der Waals surface area contributed by atoms with Crippen molar-refractivity contribution in [3.63, 3.8) is 0 Å². The first-order chi connectivity index (χ1) is 15.8.